The van der Waals surface area contributed by atoms with Gasteiger partial charge in [0.15, 0.2) is 11.5 Å². The fourth-order valence-corrected chi connectivity index (χ4v) is 3.58. The molecule has 1 saturated heterocycles. The molecular formula is C19H29ClN2O3. The summed E-state index contributed by atoms with van der Waals surface area (Å²) in [5.41, 5.74) is 0.614. The average Bonchev–Trinajstić information content (AvgIpc) is 3.10. The number of rotatable bonds is 5. The molecule has 2 fully saturated rings. The van der Waals surface area contributed by atoms with Crippen LogP contribution in [0, 0.1) is 0 Å². The van der Waals surface area contributed by atoms with E-state index in [0.717, 1.165) is 38.0 Å². The Kier molecular flexibility index (Phi) is 7.38. The highest BCUT2D eigenvalue weighted by molar-refractivity contribution is 5.95. The predicted molar refractivity (Wildman–Crippen MR) is 101 cm³/mol. The molecule has 1 heterocycles. The number of carbonyl (C=O) groups excluding carboxylic acids is 1. The normalized spacial score (nSPS) is 23.6. The Morgan fingerprint density at radius 2 is 1.92 bits per heavy atom. The first kappa shape index (κ1) is 19.9. The summed E-state index contributed by atoms with van der Waals surface area (Å²) < 4.78 is 11.5. The fraction of sp³-hybridized carbons (Fsp3) is 0.632. The van der Waals surface area contributed by atoms with E-state index in [4.69, 9.17) is 9.47 Å². The van der Waals surface area contributed by atoms with Gasteiger partial charge in [0.2, 0.25) is 0 Å². The van der Waals surface area contributed by atoms with Gasteiger partial charge in [-0.2, -0.15) is 0 Å². The number of ether oxygens (including phenoxy) is 2. The highest BCUT2D eigenvalue weighted by atomic mass is 35.5. The summed E-state index contributed by atoms with van der Waals surface area (Å²) >= 11 is 0. The average molecular weight is 369 g/mol. The minimum absolute atomic E-state index is 0. The molecule has 0 spiro atoms. The Hall–Kier alpha value is -1.46. The van der Waals surface area contributed by atoms with Crippen molar-refractivity contribution in [1.82, 2.24) is 10.6 Å². The highest BCUT2D eigenvalue weighted by Gasteiger charge is 2.24. The molecule has 1 amide bonds. The van der Waals surface area contributed by atoms with Gasteiger partial charge in [0.1, 0.15) is 0 Å². The molecule has 2 N–H and O–H groups in total. The maximum atomic E-state index is 12.5. The number of nitrogens with one attached hydrogen (secondary N) is 2. The third-order valence-electron chi connectivity index (χ3n) is 5.10. The molecule has 0 bridgehead atoms. The monoisotopic (exact) mass is 368 g/mol. The molecule has 6 heteroatoms. The largest absolute Gasteiger partial charge is 0.493 e. The topological polar surface area (TPSA) is 59.6 Å². The van der Waals surface area contributed by atoms with E-state index in [1.165, 1.54) is 12.8 Å². The maximum Gasteiger partial charge on any atom is 0.251 e. The van der Waals surface area contributed by atoms with Crippen LogP contribution < -0.4 is 20.1 Å². The Labute approximate surface area is 156 Å². The SMILES string of the molecule is COc1cc(C(=O)NC2CCCNC2C)ccc1OC1CCCC1.Cl. The molecule has 25 heavy (non-hydrogen) atoms. The molecule has 3 rings (SSSR count). The third-order valence-corrected chi connectivity index (χ3v) is 5.10. The lowest BCUT2D eigenvalue weighted by Crippen LogP contribution is -2.51. The minimum Gasteiger partial charge on any atom is -0.493 e. The lowest BCUT2D eigenvalue weighted by atomic mass is 9.99. The second-order valence-corrected chi connectivity index (χ2v) is 6.85. The van der Waals surface area contributed by atoms with Crippen LogP contribution in [0.4, 0.5) is 0 Å². The van der Waals surface area contributed by atoms with Crippen molar-refractivity contribution in [3.63, 3.8) is 0 Å². The van der Waals surface area contributed by atoms with Crippen LogP contribution in [0.5, 0.6) is 11.5 Å². The van der Waals surface area contributed by atoms with Crippen molar-refractivity contribution in [3.05, 3.63) is 23.8 Å². The first-order valence-electron chi connectivity index (χ1n) is 9.06. The van der Waals surface area contributed by atoms with Gasteiger partial charge in [-0.3, -0.25) is 4.79 Å². The van der Waals surface area contributed by atoms with Crippen LogP contribution in [-0.4, -0.2) is 37.7 Å². The van der Waals surface area contributed by atoms with Gasteiger partial charge in [-0.05, 0) is 70.2 Å². The number of hydrogen-bond donors (Lipinski definition) is 2. The number of benzene rings is 1. The van der Waals surface area contributed by atoms with Gasteiger partial charge in [-0.25, -0.2) is 0 Å². The van der Waals surface area contributed by atoms with Gasteiger partial charge in [0.25, 0.3) is 5.91 Å². The van der Waals surface area contributed by atoms with Crippen LogP contribution >= 0.6 is 12.4 Å². The Morgan fingerprint density at radius 1 is 1.16 bits per heavy atom. The van der Waals surface area contributed by atoms with Gasteiger partial charge >= 0.3 is 0 Å². The van der Waals surface area contributed by atoms with E-state index < -0.39 is 0 Å². The van der Waals surface area contributed by atoms with Crippen LogP contribution in [0.2, 0.25) is 0 Å². The van der Waals surface area contributed by atoms with E-state index in [0.29, 0.717) is 17.4 Å². The van der Waals surface area contributed by atoms with Crippen molar-refractivity contribution in [2.24, 2.45) is 0 Å². The highest BCUT2D eigenvalue weighted by Crippen LogP contribution is 2.32. The predicted octanol–water partition coefficient (Wildman–Crippen LogP) is 3.31. The summed E-state index contributed by atoms with van der Waals surface area (Å²) in [6.07, 6.45) is 7.01. The van der Waals surface area contributed by atoms with Crippen LogP contribution in [0.25, 0.3) is 0 Å². The van der Waals surface area contributed by atoms with Gasteiger partial charge in [0, 0.05) is 17.6 Å². The number of halogens is 1. The van der Waals surface area contributed by atoms with Crippen molar-refractivity contribution >= 4 is 18.3 Å². The number of piperidine rings is 1. The zero-order chi connectivity index (χ0) is 16.9. The van der Waals surface area contributed by atoms with Crippen LogP contribution in [0.1, 0.15) is 55.8 Å². The van der Waals surface area contributed by atoms with E-state index in [-0.39, 0.29) is 30.5 Å². The molecule has 140 valence electrons. The van der Waals surface area contributed by atoms with Crippen molar-refractivity contribution < 1.29 is 14.3 Å². The molecule has 1 aromatic rings. The molecule has 1 saturated carbocycles. The quantitative estimate of drug-likeness (QED) is 0.837. The smallest absolute Gasteiger partial charge is 0.251 e. The molecule has 1 aliphatic heterocycles. The second-order valence-electron chi connectivity index (χ2n) is 6.85. The first-order valence-corrected chi connectivity index (χ1v) is 9.06. The molecule has 2 atom stereocenters. The fourth-order valence-electron chi connectivity index (χ4n) is 3.58. The van der Waals surface area contributed by atoms with Crippen LogP contribution in [0.15, 0.2) is 18.2 Å². The maximum absolute atomic E-state index is 12.5. The Morgan fingerprint density at radius 3 is 2.60 bits per heavy atom. The first-order chi connectivity index (χ1) is 11.7. The van der Waals surface area contributed by atoms with Crippen LogP contribution in [0.3, 0.4) is 0 Å². The van der Waals surface area contributed by atoms with Crippen molar-refractivity contribution in [1.29, 1.82) is 0 Å². The van der Waals surface area contributed by atoms with Gasteiger partial charge < -0.3 is 20.1 Å². The molecule has 5 nitrogen and oxygen atoms in total. The summed E-state index contributed by atoms with van der Waals surface area (Å²) in [6, 6.07) is 5.93. The van der Waals surface area contributed by atoms with Gasteiger partial charge in [0.05, 0.1) is 13.2 Å². The molecule has 0 radical (unpaired) electrons. The summed E-state index contributed by atoms with van der Waals surface area (Å²) in [5, 5.41) is 6.53. The van der Waals surface area contributed by atoms with Gasteiger partial charge in [-0.1, -0.05) is 0 Å². The molecule has 1 aliphatic carbocycles. The zero-order valence-electron chi connectivity index (χ0n) is 15.0. The Bertz CT molecular complexity index is 576. The van der Waals surface area contributed by atoms with Crippen molar-refractivity contribution in [2.45, 2.75) is 63.6 Å². The van der Waals surface area contributed by atoms with Crippen molar-refractivity contribution in [3.8, 4) is 11.5 Å². The summed E-state index contributed by atoms with van der Waals surface area (Å²) in [5.74, 6) is 1.30. The molecule has 0 aromatic heterocycles. The van der Waals surface area contributed by atoms with Gasteiger partial charge in [-0.15, -0.1) is 12.4 Å². The lowest BCUT2D eigenvalue weighted by Gasteiger charge is -2.30. The summed E-state index contributed by atoms with van der Waals surface area (Å²) in [4.78, 5) is 12.5. The molecule has 1 aromatic carbocycles. The molecule has 2 aliphatic rings. The summed E-state index contributed by atoms with van der Waals surface area (Å²) in [7, 11) is 1.62. The minimum atomic E-state index is -0.0544. The van der Waals surface area contributed by atoms with E-state index in [1.54, 1.807) is 13.2 Å². The molecular weight excluding hydrogens is 340 g/mol. The van der Waals surface area contributed by atoms with Crippen molar-refractivity contribution in [2.75, 3.05) is 13.7 Å². The number of methoxy groups -OCH3 is 1. The zero-order valence-corrected chi connectivity index (χ0v) is 15.9. The van der Waals surface area contributed by atoms with E-state index in [9.17, 15) is 4.79 Å². The van der Waals surface area contributed by atoms with E-state index in [2.05, 4.69) is 17.6 Å². The standard InChI is InChI=1S/C19H28N2O3.ClH/c1-13-16(8-5-11-20-13)21-19(22)14-9-10-17(18(12-14)23-2)24-15-6-3-4-7-15;/h9-10,12-13,15-16,20H,3-8,11H2,1-2H3,(H,21,22);1H. The Balaban J connectivity index is 0.00000225. The van der Waals surface area contributed by atoms with E-state index >= 15 is 0 Å². The number of hydrogen-bond acceptors (Lipinski definition) is 4. The summed E-state index contributed by atoms with van der Waals surface area (Å²) in [6.45, 7) is 3.14. The second kappa shape index (κ2) is 9.30. The van der Waals surface area contributed by atoms with E-state index in [1.807, 2.05) is 12.1 Å². The third kappa shape index (κ3) is 5.02. The number of carbonyl (C=O) groups is 1. The van der Waals surface area contributed by atoms with Crippen LogP contribution in [-0.2, 0) is 0 Å². The number of amides is 1. The lowest BCUT2D eigenvalue weighted by molar-refractivity contribution is 0.0919. The molecule has 2 unspecified atom stereocenters.